The molecule has 1 heterocycles. The van der Waals surface area contributed by atoms with E-state index in [4.69, 9.17) is 0 Å². The molecule has 0 aliphatic rings. The number of imidazole rings is 1. The second-order valence-corrected chi connectivity index (χ2v) is 5.64. The molecule has 1 N–H and O–H groups in total. The molecule has 8 nitrogen and oxygen atoms in total. The highest BCUT2D eigenvalue weighted by Crippen LogP contribution is 2.30. The third-order valence-corrected chi connectivity index (χ3v) is 4.13. The summed E-state index contributed by atoms with van der Waals surface area (Å²) in [6, 6.07) is 11.2. The quantitative estimate of drug-likeness (QED) is 0.433. The lowest BCUT2D eigenvalue weighted by Crippen LogP contribution is -1.97. The number of aromatic nitrogens is 2. The second kappa shape index (κ2) is 6.05. The van der Waals surface area contributed by atoms with Crippen LogP contribution in [0.3, 0.4) is 0 Å². The molecule has 0 spiro atoms. The largest absolute Gasteiger partial charge is 0.333 e. The molecule has 0 unspecified atom stereocenters. The molecule has 9 heteroatoms. The van der Waals surface area contributed by atoms with Crippen LogP contribution in [0.2, 0.25) is 0 Å². The summed E-state index contributed by atoms with van der Waals surface area (Å²) in [6.07, 6.45) is 0. The highest BCUT2D eigenvalue weighted by molar-refractivity contribution is 7.98. The summed E-state index contributed by atoms with van der Waals surface area (Å²) in [6.45, 7) is 0. The molecule has 3 rings (SSSR count). The van der Waals surface area contributed by atoms with Crippen LogP contribution in [-0.4, -0.2) is 19.8 Å². The molecule has 0 aliphatic carbocycles. The van der Waals surface area contributed by atoms with Gasteiger partial charge >= 0.3 is 0 Å². The van der Waals surface area contributed by atoms with Gasteiger partial charge in [-0.2, -0.15) is 0 Å². The summed E-state index contributed by atoms with van der Waals surface area (Å²) in [5.74, 6) is 0.286. The number of hydrogen-bond donors (Lipinski definition) is 1. The molecule has 0 atom stereocenters. The molecule has 0 aliphatic heterocycles. The maximum Gasteiger partial charge on any atom is 0.280 e. The molecule has 0 amide bonds. The van der Waals surface area contributed by atoms with Gasteiger partial charge in [0.2, 0.25) is 0 Å². The van der Waals surface area contributed by atoms with Crippen LogP contribution in [0.15, 0.2) is 47.6 Å². The number of H-pyrrole nitrogens is 1. The van der Waals surface area contributed by atoms with Crippen molar-refractivity contribution in [2.24, 2.45) is 0 Å². The number of nitro groups is 2. The van der Waals surface area contributed by atoms with Crippen molar-refractivity contribution in [1.29, 1.82) is 0 Å². The van der Waals surface area contributed by atoms with Gasteiger partial charge in [0.25, 0.3) is 11.4 Å². The summed E-state index contributed by atoms with van der Waals surface area (Å²) in [5, 5.41) is 22.5. The van der Waals surface area contributed by atoms with Crippen LogP contribution in [0.25, 0.3) is 11.0 Å². The first kappa shape index (κ1) is 15.0. The lowest BCUT2D eigenvalue weighted by Gasteiger charge is -2.01. The number of nitrogens with zero attached hydrogens (tertiary/aromatic N) is 3. The summed E-state index contributed by atoms with van der Waals surface area (Å²) >= 11 is 1.30. The first-order chi connectivity index (χ1) is 11.0. The van der Waals surface area contributed by atoms with Gasteiger partial charge in [-0.05, 0) is 18.2 Å². The van der Waals surface area contributed by atoms with Crippen molar-refractivity contribution in [3.63, 3.8) is 0 Å². The van der Waals surface area contributed by atoms with E-state index in [1.807, 2.05) is 24.3 Å². The number of non-ortho nitro benzene ring substituents is 1. The van der Waals surface area contributed by atoms with Crippen molar-refractivity contribution >= 4 is 34.2 Å². The SMILES string of the molecule is O=[N+]([O-])c1ccc(CSc2nc3ccccc3[nH]2)c([N+](=O)[O-])c1. The van der Waals surface area contributed by atoms with Crippen LogP contribution in [0.5, 0.6) is 0 Å². The summed E-state index contributed by atoms with van der Waals surface area (Å²) in [5.41, 5.74) is 1.55. The van der Waals surface area contributed by atoms with E-state index >= 15 is 0 Å². The van der Waals surface area contributed by atoms with Crippen molar-refractivity contribution in [2.45, 2.75) is 10.9 Å². The lowest BCUT2D eigenvalue weighted by atomic mass is 10.2. The molecule has 0 saturated heterocycles. The van der Waals surface area contributed by atoms with Crippen molar-refractivity contribution in [3.05, 3.63) is 68.3 Å². The van der Waals surface area contributed by atoms with Gasteiger partial charge in [0.1, 0.15) is 0 Å². The smallest absolute Gasteiger partial charge is 0.280 e. The highest BCUT2D eigenvalue weighted by Gasteiger charge is 2.19. The van der Waals surface area contributed by atoms with E-state index in [1.165, 1.54) is 23.9 Å². The molecule has 116 valence electrons. The first-order valence-corrected chi connectivity index (χ1v) is 7.52. The minimum absolute atomic E-state index is 0.261. The molecule has 0 saturated carbocycles. The normalized spacial score (nSPS) is 10.8. The van der Waals surface area contributed by atoms with E-state index in [2.05, 4.69) is 9.97 Å². The third kappa shape index (κ3) is 3.14. The standard InChI is InChI=1S/C14H10N4O4S/c19-17(20)10-6-5-9(13(7-10)18(21)22)8-23-14-15-11-3-1-2-4-12(11)16-14/h1-7H,8H2,(H,15,16). The fraction of sp³-hybridized carbons (Fsp3) is 0.0714. The molecule has 2 aromatic carbocycles. The van der Waals surface area contributed by atoms with Gasteiger partial charge in [0.15, 0.2) is 5.16 Å². The fourth-order valence-electron chi connectivity index (χ4n) is 2.10. The zero-order valence-corrected chi connectivity index (χ0v) is 12.4. The van der Waals surface area contributed by atoms with Crippen LogP contribution < -0.4 is 0 Å². The Hall–Kier alpha value is -2.94. The number of aromatic amines is 1. The monoisotopic (exact) mass is 330 g/mol. The molecular weight excluding hydrogens is 320 g/mol. The number of fused-ring (bicyclic) bond motifs is 1. The predicted octanol–water partition coefficient (Wildman–Crippen LogP) is 3.67. The maximum absolute atomic E-state index is 11.1. The lowest BCUT2D eigenvalue weighted by molar-refractivity contribution is -0.394. The van der Waals surface area contributed by atoms with E-state index in [1.54, 1.807) is 0 Å². The van der Waals surface area contributed by atoms with Crippen LogP contribution >= 0.6 is 11.8 Å². The molecule has 3 aromatic rings. The van der Waals surface area contributed by atoms with Crippen molar-refractivity contribution < 1.29 is 9.85 Å². The van der Waals surface area contributed by atoms with Crippen molar-refractivity contribution in [3.8, 4) is 0 Å². The number of rotatable bonds is 5. The Morgan fingerprint density at radius 1 is 1.09 bits per heavy atom. The number of thioether (sulfide) groups is 1. The third-order valence-electron chi connectivity index (χ3n) is 3.21. The number of nitrogens with one attached hydrogen (secondary N) is 1. The second-order valence-electron chi connectivity index (χ2n) is 4.68. The van der Waals surface area contributed by atoms with Gasteiger partial charge in [-0.25, -0.2) is 4.98 Å². The molecule has 1 aromatic heterocycles. The Balaban J connectivity index is 1.84. The van der Waals surface area contributed by atoms with Crippen LogP contribution in [-0.2, 0) is 5.75 Å². The molecule has 0 radical (unpaired) electrons. The zero-order valence-electron chi connectivity index (χ0n) is 11.6. The van der Waals surface area contributed by atoms with E-state index in [0.717, 1.165) is 17.1 Å². The molecule has 23 heavy (non-hydrogen) atoms. The molecular formula is C14H10N4O4S. The minimum Gasteiger partial charge on any atom is -0.333 e. The topological polar surface area (TPSA) is 115 Å². The van der Waals surface area contributed by atoms with E-state index < -0.39 is 9.85 Å². The van der Waals surface area contributed by atoms with Gasteiger partial charge in [-0.15, -0.1) is 0 Å². The average Bonchev–Trinajstić information content (AvgIpc) is 2.95. The van der Waals surface area contributed by atoms with E-state index in [-0.39, 0.29) is 17.1 Å². The molecule has 0 fully saturated rings. The zero-order chi connectivity index (χ0) is 16.4. The molecule has 0 bridgehead atoms. The first-order valence-electron chi connectivity index (χ1n) is 6.54. The van der Waals surface area contributed by atoms with Crippen LogP contribution in [0.4, 0.5) is 11.4 Å². The summed E-state index contributed by atoms with van der Waals surface area (Å²) in [7, 11) is 0. The van der Waals surface area contributed by atoms with E-state index in [0.29, 0.717) is 10.7 Å². The van der Waals surface area contributed by atoms with Crippen molar-refractivity contribution in [2.75, 3.05) is 0 Å². The van der Waals surface area contributed by atoms with Gasteiger partial charge in [-0.1, -0.05) is 23.9 Å². The number of hydrogen-bond acceptors (Lipinski definition) is 6. The summed E-state index contributed by atoms with van der Waals surface area (Å²) < 4.78 is 0. The minimum atomic E-state index is -0.650. The van der Waals surface area contributed by atoms with Gasteiger partial charge in [0.05, 0.1) is 26.9 Å². The van der Waals surface area contributed by atoms with Gasteiger partial charge < -0.3 is 4.98 Å². The number of benzene rings is 2. The van der Waals surface area contributed by atoms with Crippen molar-refractivity contribution in [1.82, 2.24) is 9.97 Å². The van der Waals surface area contributed by atoms with Gasteiger partial charge in [0, 0.05) is 17.4 Å². The van der Waals surface area contributed by atoms with Gasteiger partial charge in [-0.3, -0.25) is 20.2 Å². The highest BCUT2D eigenvalue weighted by atomic mass is 32.2. The fourth-order valence-corrected chi connectivity index (χ4v) is 2.98. The van der Waals surface area contributed by atoms with E-state index in [9.17, 15) is 20.2 Å². The number of nitro benzene ring substituents is 2. The summed E-state index contributed by atoms with van der Waals surface area (Å²) in [4.78, 5) is 28.1. The predicted molar refractivity (Wildman–Crippen MR) is 85.4 cm³/mol. The Morgan fingerprint density at radius 2 is 1.87 bits per heavy atom. The maximum atomic E-state index is 11.1. The number of para-hydroxylation sites is 2. The van der Waals surface area contributed by atoms with Crippen LogP contribution in [0, 0.1) is 20.2 Å². The Bertz CT molecular complexity index is 876. The average molecular weight is 330 g/mol. The Labute approximate surface area is 133 Å². The Morgan fingerprint density at radius 3 is 2.57 bits per heavy atom. The van der Waals surface area contributed by atoms with Crippen LogP contribution in [0.1, 0.15) is 5.56 Å². The Kier molecular flexibility index (Phi) is 3.94.